The van der Waals surface area contributed by atoms with E-state index in [1.165, 1.54) is 7.11 Å². The number of ether oxygens (including phenoxy) is 4. The molecule has 174 valence electrons. The van der Waals surface area contributed by atoms with E-state index in [-0.39, 0.29) is 5.75 Å². The summed E-state index contributed by atoms with van der Waals surface area (Å²) < 4.78 is 53.2. The first-order chi connectivity index (χ1) is 15.7. The predicted molar refractivity (Wildman–Crippen MR) is 126 cm³/mol. The van der Waals surface area contributed by atoms with Gasteiger partial charge in [0.25, 0.3) is 0 Å². The molecule has 0 radical (unpaired) electrons. The molecular formula is C24H26NO7S+. The second-order valence-electron chi connectivity index (χ2n) is 7.57. The topological polar surface area (TPSA) is 84.2 Å². The zero-order chi connectivity index (χ0) is 23.9. The van der Waals surface area contributed by atoms with Gasteiger partial charge >= 0.3 is 10.1 Å². The Labute approximate surface area is 192 Å². The Morgan fingerprint density at radius 2 is 1.27 bits per heavy atom. The standard InChI is InChI=1S/C24H26NO7S/c1-7-31-19-11-17-15-9-21(29-4)20(28-3)8-14(15)13-25(2)24(17)18-12-22(30-5)23(10-16(18)19)32-33(6,26)27/h8-13H,7H2,1-6H3/q+1. The number of aryl methyl sites for hydroxylation is 1. The highest BCUT2D eigenvalue weighted by molar-refractivity contribution is 7.86. The molecule has 0 aliphatic heterocycles. The van der Waals surface area contributed by atoms with Gasteiger partial charge in [-0.15, -0.1) is 0 Å². The first-order valence-electron chi connectivity index (χ1n) is 10.3. The van der Waals surface area contributed by atoms with Crippen molar-refractivity contribution in [2.45, 2.75) is 6.92 Å². The van der Waals surface area contributed by atoms with Gasteiger partial charge in [-0.3, -0.25) is 0 Å². The van der Waals surface area contributed by atoms with E-state index in [4.69, 9.17) is 23.1 Å². The second-order valence-corrected chi connectivity index (χ2v) is 9.15. The third kappa shape index (κ3) is 4.04. The highest BCUT2D eigenvalue weighted by Gasteiger charge is 2.23. The van der Waals surface area contributed by atoms with Gasteiger partial charge in [-0.1, -0.05) is 0 Å². The number of methoxy groups -OCH3 is 3. The Hall–Kier alpha value is -3.46. The highest BCUT2D eigenvalue weighted by atomic mass is 32.2. The van der Waals surface area contributed by atoms with Gasteiger partial charge in [-0.2, -0.15) is 13.0 Å². The van der Waals surface area contributed by atoms with Crippen molar-refractivity contribution in [2.75, 3.05) is 34.2 Å². The summed E-state index contributed by atoms with van der Waals surface area (Å²) in [6, 6.07) is 9.23. The molecule has 0 aliphatic rings. The summed E-state index contributed by atoms with van der Waals surface area (Å²) in [5.74, 6) is 2.26. The van der Waals surface area contributed by atoms with Crippen molar-refractivity contribution < 1.29 is 36.1 Å². The largest absolute Gasteiger partial charge is 0.493 e. The van der Waals surface area contributed by atoms with Gasteiger partial charge < -0.3 is 23.1 Å². The molecule has 0 bridgehead atoms. The number of nitrogens with zero attached hydrogens (tertiary/aromatic N) is 1. The SMILES string of the molecule is CCOc1cc2c3cc(OC)c(OC)cc3c[n+](C)c2c2cc(OC)c(OS(C)(=O)=O)cc12. The van der Waals surface area contributed by atoms with Gasteiger partial charge in [0.1, 0.15) is 12.8 Å². The van der Waals surface area contributed by atoms with Crippen molar-refractivity contribution in [3.8, 4) is 28.7 Å². The molecule has 0 amide bonds. The fourth-order valence-electron chi connectivity index (χ4n) is 4.14. The summed E-state index contributed by atoms with van der Waals surface area (Å²) in [6.45, 7) is 2.33. The van der Waals surface area contributed by atoms with Gasteiger partial charge in [-0.25, -0.2) is 0 Å². The fraction of sp³-hybridized carbons (Fsp3) is 0.292. The van der Waals surface area contributed by atoms with Gasteiger partial charge in [0.15, 0.2) is 29.2 Å². The normalized spacial score (nSPS) is 11.7. The quantitative estimate of drug-likeness (QED) is 0.230. The minimum atomic E-state index is -3.75. The molecule has 33 heavy (non-hydrogen) atoms. The van der Waals surface area contributed by atoms with E-state index in [2.05, 4.69) is 0 Å². The maximum atomic E-state index is 11.8. The van der Waals surface area contributed by atoms with Crippen LogP contribution in [0.25, 0.3) is 32.4 Å². The number of rotatable bonds is 7. The van der Waals surface area contributed by atoms with Crippen LogP contribution in [-0.2, 0) is 17.2 Å². The molecule has 3 aromatic carbocycles. The Morgan fingerprint density at radius 1 is 0.758 bits per heavy atom. The lowest BCUT2D eigenvalue weighted by Crippen LogP contribution is -2.28. The van der Waals surface area contributed by atoms with Crippen molar-refractivity contribution in [1.82, 2.24) is 0 Å². The summed E-state index contributed by atoms with van der Waals surface area (Å²) in [7, 11) is 2.88. The van der Waals surface area contributed by atoms with Gasteiger partial charge in [0.2, 0.25) is 5.52 Å². The lowest BCUT2D eigenvalue weighted by Gasteiger charge is -2.15. The summed E-state index contributed by atoms with van der Waals surface area (Å²) in [6.07, 6.45) is 3.00. The number of pyridine rings is 1. The maximum Gasteiger partial charge on any atom is 0.306 e. The zero-order valence-corrected chi connectivity index (χ0v) is 20.2. The van der Waals surface area contributed by atoms with Crippen molar-refractivity contribution in [2.24, 2.45) is 7.05 Å². The molecule has 0 spiro atoms. The molecule has 4 rings (SSSR count). The molecule has 0 N–H and O–H groups in total. The summed E-state index contributed by atoms with van der Waals surface area (Å²) in [4.78, 5) is 0. The van der Waals surface area contributed by atoms with Crippen LogP contribution in [0, 0.1) is 0 Å². The maximum absolute atomic E-state index is 11.8. The Kier molecular flexibility index (Phi) is 5.84. The first-order valence-corrected chi connectivity index (χ1v) is 12.1. The number of hydrogen-bond donors (Lipinski definition) is 0. The zero-order valence-electron chi connectivity index (χ0n) is 19.4. The molecular weight excluding hydrogens is 446 g/mol. The van der Waals surface area contributed by atoms with E-state index in [1.54, 1.807) is 26.4 Å². The molecule has 9 heteroatoms. The fourth-order valence-corrected chi connectivity index (χ4v) is 4.59. The van der Waals surface area contributed by atoms with Crippen molar-refractivity contribution >= 4 is 42.6 Å². The smallest absolute Gasteiger partial charge is 0.306 e. The van der Waals surface area contributed by atoms with Crippen molar-refractivity contribution in [3.05, 3.63) is 36.5 Å². The highest BCUT2D eigenvalue weighted by Crippen LogP contribution is 2.43. The van der Waals surface area contributed by atoms with E-state index >= 15 is 0 Å². The van der Waals surface area contributed by atoms with Crippen LogP contribution in [0.3, 0.4) is 0 Å². The number of hydrogen-bond acceptors (Lipinski definition) is 7. The lowest BCUT2D eigenvalue weighted by molar-refractivity contribution is -0.642. The molecule has 8 nitrogen and oxygen atoms in total. The summed E-state index contributed by atoms with van der Waals surface area (Å²) in [5.41, 5.74) is 0.914. The molecule has 1 aromatic heterocycles. The van der Waals surface area contributed by atoms with Gasteiger partial charge in [-0.05, 0) is 37.3 Å². The average Bonchev–Trinajstić information content (AvgIpc) is 2.77. The molecule has 1 heterocycles. The molecule has 0 fully saturated rings. The molecule has 0 saturated carbocycles. The Balaban J connectivity index is 2.18. The third-order valence-electron chi connectivity index (χ3n) is 5.43. The lowest BCUT2D eigenvalue weighted by atomic mass is 9.99. The van der Waals surface area contributed by atoms with Crippen LogP contribution in [0.15, 0.2) is 36.5 Å². The van der Waals surface area contributed by atoms with Crippen molar-refractivity contribution in [1.29, 1.82) is 0 Å². The van der Waals surface area contributed by atoms with Crippen molar-refractivity contribution in [3.63, 3.8) is 0 Å². The second kappa shape index (κ2) is 8.47. The Bertz CT molecular complexity index is 1500. The van der Waals surface area contributed by atoms with Crippen LogP contribution in [-0.4, -0.2) is 42.6 Å². The number of aromatic nitrogens is 1. The van der Waals surface area contributed by atoms with E-state index in [9.17, 15) is 8.42 Å². The van der Waals surface area contributed by atoms with E-state index in [0.717, 1.165) is 33.3 Å². The molecule has 0 aliphatic carbocycles. The number of benzene rings is 3. The van der Waals surface area contributed by atoms with E-state index in [1.807, 2.05) is 42.9 Å². The third-order valence-corrected chi connectivity index (χ3v) is 5.91. The van der Waals surface area contributed by atoms with Crippen LogP contribution in [0.1, 0.15) is 6.92 Å². The molecule has 0 atom stereocenters. The summed E-state index contributed by atoms with van der Waals surface area (Å²) in [5, 5.41) is 4.39. The predicted octanol–water partition coefficient (Wildman–Crippen LogP) is 3.73. The van der Waals surface area contributed by atoms with E-state index < -0.39 is 10.1 Å². The van der Waals surface area contributed by atoms with Crippen LogP contribution >= 0.6 is 0 Å². The summed E-state index contributed by atoms with van der Waals surface area (Å²) >= 11 is 0. The van der Waals surface area contributed by atoms with Crippen LogP contribution in [0.2, 0.25) is 0 Å². The van der Waals surface area contributed by atoms with E-state index in [0.29, 0.717) is 35.0 Å². The Morgan fingerprint density at radius 3 is 1.88 bits per heavy atom. The number of fused-ring (bicyclic) bond motifs is 5. The molecule has 4 aromatic rings. The molecule has 0 saturated heterocycles. The van der Waals surface area contributed by atoms with Crippen LogP contribution in [0.5, 0.6) is 28.7 Å². The van der Waals surface area contributed by atoms with Gasteiger partial charge in [0, 0.05) is 10.8 Å². The van der Waals surface area contributed by atoms with Crippen LogP contribution < -0.4 is 27.7 Å². The monoisotopic (exact) mass is 472 g/mol. The average molecular weight is 473 g/mol. The molecule has 0 unspecified atom stereocenters. The van der Waals surface area contributed by atoms with Gasteiger partial charge in [0.05, 0.1) is 50.4 Å². The van der Waals surface area contributed by atoms with Crippen LogP contribution in [0.4, 0.5) is 0 Å². The first kappa shape index (κ1) is 22.7. The minimum Gasteiger partial charge on any atom is -0.493 e. The minimum absolute atomic E-state index is 0.0997.